The predicted molar refractivity (Wildman–Crippen MR) is 138 cm³/mol. The van der Waals surface area contributed by atoms with Gasteiger partial charge < -0.3 is 19.1 Å². The highest BCUT2D eigenvalue weighted by atomic mass is 35.5. The molecule has 1 N–H and O–H groups in total. The normalized spacial score (nSPS) is 15.1. The van der Waals surface area contributed by atoms with Crippen molar-refractivity contribution in [2.45, 2.75) is 17.9 Å². The lowest BCUT2D eigenvalue weighted by atomic mass is 10.2. The number of benzene rings is 2. The van der Waals surface area contributed by atoms with Crippen LogP contribution < -0.4 is 9.62 Å². The van der Waals surface area contributed by atoms with Crippen LogP contribution in [0.5, 0.6) is 0 Å². The first-order chi connectivity index (χ1) is 16.1. The Hall–Kier alpha value is -2.68. The fourth-order valence-electron chi connectivity index (χ4n) is 4.15. The Morgan fingerprint density at radius 1 is 1.15 bits per heavy atom. The molecule has 3 heterocycles. The van der Waals surface area contributed by atoms with E-state index in [9.17, 15) is 4.79 Å². The van der Waals surface area contributed by atoms with Gasteiger partial charge in [0.15, 0.2) is 5.13 Å². The van der Waals surface area contributed by atoms with Crippen molar-refractivity contribution >= 4 is 62.5 Å². The van der Waals surface area contributed by atoms with Gasteiger partial charge in [0.2, 0.25) is 5.91 Å². The van der Waals surface area contributed by atoms with E-state index in [0.29, 0.717) is 18.1 Å². The van der Waals surface area contributed by atoms with Crippen LogP contribution in [0.25, 0.3) is 10.9 Å². The van der Waals surface area contributed by atoms with Crippen LogP contribution in [-0.2, 0) is 4.79 Å². The van der Waals surface area contributed by atoms with Gasteiger partial charge in [-0.2, -0.15) is 0 Å². The van der Waals surface area contributed by atoms with E-state index in [1.807, 2.05) is 52.2 Å². The molecule has 1 fully saturated rings. The number of piperazine rings is 1. The average Bonchev–Trinajstić information content (AvgIpc) is 3.52. The number of thiazole rings is 1. The summed E-state index contributed by atoms with van der Waals surface area (Å²) >= 11 is 9.33. The van der Waals surface area contributed by atoms with Crippen molar-refractivity contribution in [3.8, 4) is 0 Å². The molecule has 6 nitrogen and oxygen atoms in total. The van der Waals surface area contributed by atoms with E-state index in [1.165, 1.54) is 5.69 Å². The Bertz CT molecular complexity index is 1250. The van der Waals surface area contributed by atoms with Gasteiger partial charge in [0.05, 0.1) is 5.52 Å². The van der Waals surface area contributed by atoms with Gasteiger partial charge in [-0.1, -0.05) is 23.7 Å². The minimum atomic E-state index is -0.274. The summed E-state index contributed by atoms with van der Waals surface area (Å²) in [6.45, 7) is 5.00. The second-order valence-corrected chi connectivity index (χ2v) is 10.2. The number of nitrogens with zero attached hydrogens (tertiary/aromatic N) is 4. The molecule has 1 aliphatic rings. The maximum absolute atomic E-state index is 13.3. The van der Waals surface area contributed by atoms with E-state index >= 15 is 0 Å². The van der Waals surface area contributed by atoms with Crippen molar-refractivity contribution in [3.63, 3.8) is 0 Å². The average molecular weight is 498 g/mol. The van der Waals surface area contributed by atoms with E-state index in [2.05, 4.69) is 38.9 Å². The van der Waals surface area contributed by atoms with Gasteiger partial charge >= 0.3 is 0 Å². The third kappa shape index (κ3) is 4.83. The highest BCUT2D eigenvalue weighted by Crippen LogP contribution is 2.28. The zero-order chi connectivity index (χ0) is 22.8. The summed E-state index contributed by atoms with van der Waals surface area (Å²) in [4.78, 5) is 23.0. The van der Waals surface area contributed by atoms with Gasteiger partial charge in [0.1, 0.15) is 6.04 Å². The summed E-state index contributed by atoms with van der Waals surface area (Å²) in [6.07, 6.45) is 3.77. The van der Waals surface area contributed by atoms with E-state index in [-0.39, 0.29) is 11.9 Å². The van der Waals surface area contributed by atoms with E-state index in [1.54, 1.807) is 29.5 Å². The number of carbonyl (C=O) groups is 1. The van der Waals surface area contributed by atoms with Gasteiger partial charge in [0.25, 0.3) is 0 Å². The number of nitrogens with one attached hydrogen (secondary N) is 1. The van der Waals surface area contributed by atoms with Gasteiger partial charge in [0, 0.05) is 59.6 Å². The smallest absolute Gasteiger partial charge is 0.245 e. The number of amides is 1. The van der Waals surface area contributed by atoms with Gasteiger partial charge in [-0.25, -0.2) is 4.98 Å². The Morgan fingerprint density at radius 2 is 2.00 bits per heavy atom. The lowest BCUT2D eigenvalue weighted by Gasteiger charge is -2.37. The molecule has 0 bridgehead atoms. The molecule has 5 rings (SSSR count). The molecule has 2 aromatic carbocycles. The topological polar surface area (TPSA) is 53.4 Å². The molecule has 4 aromatic rings. The van der Waals surface area contributed by atoms with Crippen molar-refractivity contribution in [1.29, 1.82) is 0 Å². The number of carbonyl (C=O) groups excluding carboxylic acids is 1. The minimum absolute atomic E-state index is 0.143. The number of aromatic nitrogens is 2. The van der Waals surface area contributed by atoms with Crippen LogP contribution in [-0.4, -0.2) is 46.5 Å². The van der Waals surface area contributed by atoms with Crippen molar-refractivity contribution in [3.05, 3.63) is 71.3 Å². The molecule has 1 aliphatic heterocycles. The fourth-order valence-corrected chi connectivity index (χ4v) is 5.59. The fraction of sp³-hybridized carbons (Fsp3) is 0.250. The molecular weight excluding hydrogens is 474 g/mol. The second kappa shape index (κ2) is 9.67. The maximum atomic E-state index is 13.3. The van der Waals surface area contributed by atoms with Crippen molar-refractivity contribution in [2.75, 3.05) is 35.8 Å². The Kier molecular flexibility index (Phi) is 6.48. The lowest BCUT2D eigenvalue weighted by molar-refractivity contribution is -0.134. The largest absolute Gasteiger partial charge is 0.368 e. The Balaban J connectivity index is 1.21. The monoisotopic (exact) mass is 497 g/mol. The van der Waals surface area contributed by atoms with Crippen molar-refractivity contribution in [2.24, 2.45) is 0 Å². The lowest BCUT2D eigenvalue weighted by Crippen LogP contribution is -2.50. The van der Waals surface area contributed by atoms with E-state index in [0.717, 1.165) is 34.0 Å². The first-order valence-corrected chi connectivity index (χ1v) is 12.9. The molecule has 0 saturated carbocycles. The molecule has 33 heavy (non-hydrogen) atoms. The van der Waals surface area contributed by atoms with Crippen LogP contribution in [0.15, 0.2) is 71.2 Å². The molecule has 9 heteroatoms. The number of anilines is 2. The van der Waals surface area contributed by atoms with Crippen molar-refractivity contribution < 1.29 is 4.79 Å². The molecule has 1 amide bonds. The van der Waals surface area contributed by atoms with Crippen LogP contribution in [0.3, 0.4) is 0 Å². The zero-order valence-corrected chi connectivity index (χ0v) is 20.5. The number of hydrogen-bond donors (Lipinski definition) is 1. The minimum Gasteiger partial charge on any atom is -0.368 e. The number of rotatable bonds is 6. The van der Waals surface area contributed by atoms with Crippen LogP contribution >= 0.6 is 34.9 Å². The van der Waals surface area contributed by atoms with E-state index < -0.39 is 0 Å². The predicted octanol–water partition coefficient (Wildman–Crippen LogP) is 5.78. The van der Waals surface area contributed by atoms with Gasteiger partial charge in [-0.15, -0.1) is 11.3 Å². The second-order valence-electron chi connectivity index (χ2n) is 7.95. The standard InChI is InChI=1S/C24H24ClN5OS2/c1-17(30-9-7-18-5-6-19(25)15-22(18)30)23(31)29-12-10-28(11-13-29)20-3-2-4-21(16-20)33-27-24-26-8-14-32-24/h2-9,14-17H,10-13H2,1H3,(H,26,27)/t17-/m1/s1. The highest BCUT2D eigenvalue weighted by molar-refractivity contribution is 8.00. The molecule has 0 unspecified atom stereocenters. The Morgan fingerprint density at radius 3 is 2.79 bits per heavy atom. The zero-order valence-electron chi connectivity index (χ0n) is 18.1. The summed E-state index contributed by atoms with van der Waals surface area (Å²) < 4.78 is 5.30. The number of hydrogen-bond acceptors (Lipinski definition) is 6. The van der Waals surface area contributed by atoms with Gasteiger partial charge in [-0.3, -0.25) is 4.79 Å². The molecular formula is C24H24ClN5OS2. The van der Waals surface area contributed by atoms with E-state index in [4.69, 9.17) is 11.6 Å². The van der Waals surface area contributed by atoms with Crippen LogP contribution in [0.4, 0.5) is 10.8 Å². The van der Waals surface area contributed by atoms with Crippen molar-refractivity contribution in [1.82, 2.24) is 14.5 Å². The molecule has 1 atom stereocenters. The van der Waals surface area contributed by atoms with Gasteiger partial charge in [-0.05, 0) is 60.7 Å². The number of halogens is 1. The molecule has 0 spiro atoms. The first kappa shape index (κ1) is 22.1. The van der Waals surface area contributed by atoms with Crippen LogP contribution in [0, 0.1) is 0 Å². The molecule has 0 radical (unpaired) electrons. The highest BCUT2D eigenvalue weighted by Gasteiger charge is 2.26. The molecule has 2 aromatic heterocycles. The maximum Gasteiger partial charge on any atom is 0.245 e. The first-order valence-electron chi connectivity index (χ1n) is 10.8. The summed E-state index contributed by atoms with van der Waals surface area (Å²) in [5.74, 6) is 0.143. The van der Waals surface area contributed by atoms with Crippen LogP contribution in [0.2, 0.25) is 5.02 Å². The summed E-state index contributed by atoms with van der Waals surface area (Å²) in [7, 11) is 0. The third-order valence-electron chi connectivity index (χ3n) is 5.92. The Labute approximate surface area is 206 Å². The summed E-state index contributed by atoms with van der Waals surface area (Å²) in [5, 5.41) is 4.61. The molecule has 0 aliphatic carbocycles. The molecule has 170 valence electrons. The SMILES string of the molecule is C[C@H](C(=O)N1CCN(c2cccc(SNc3nccs3)c2)CC1)n1ccc2ccc(Cl)cc21. The summed E-state index contributed by atoms with van der Waals surface area (Å²) in [5.41, 5.74) is 2.16. The quantitative estimate of drug-likeness (QED) is 0.342. The van der Waals surface area contributed by atoms with Crippen LogP contribution in [0.1, 0.15) is 13.0 Å². The third-order valence-corrected chi connectivity index (χ3v) is 7.76. The summed E-state index contributed by atoms with van der Waals surface area (Å²) in [6, 6.07) is 16.0. The molecule has 1 saturated heterocycles. The number of fused-ring (bicyclic) bond motifs is 1.